The van der Waals surface area contributed by atoms with Crippen LogP contribution in [0.25, 0.3) is 22.1 Å². The lowest BCUT2D eigenvalue weighted by molar-refractivity contribution is 1.10. The van der Waals surface area contributed by atoms with Gasteiger partial charge in [0.1, 0.15) is 0 Å². The van der Waals surface area contributed by atoms with Crippen LogP contribution in [0, 0.1) is 6.92 Å². The highest BCUT2D eigenvalue weighted by Gasteiger charge is 2.10. The number of rotatable bonds is 2. The van der Waals surface area contributed by atoms with Crippen LogP contribution in [0.3, 0.4) is 0 Å². The summed E-state index contributed by atoms with van der Waals surface area (Å²) in [7, 11) is 0. The molecule has 1 aromatic carbocycles. The van der Waals surface area contributed by atoms with Crippen LogP contribution in [-0.2, 0) is 0 Å². The summed E-state index contributed by atoms with van der Waals surface area (Å²) in [5.41, 5.74) is 2.24. The van der Waals surface area contributed by atoms with Gasteiger partial charge < -0.3 is 0 Å². The Balaban J connectivity index is 1.99. The second-order valence-corrected chi connectivity index (χ2v) is 6.31. The highest BCUT2D eigenvalue weighted by atomic mass is 79.9. The van der Waals surface area contributed by atoms with Crippen molar-refractivity contribution in [2.75, 3.05) is 0 Å². The number of benzene rings is 1. The van der Waals surface area contributed by atoms with E-state index in [1.54, 1.807) is 11.3 Å². The molecule has 0 aliphatic rings. The number of aromatic nitrogens is 3. The highest BCUT2D eigenvalue weighted by Crippen LogP contribution is 2.33. The van der Waals surface area contributed by atoms with Crippen molar-refractivity contribution in [3.05, 3.63) is 45.7 Å². The van der Waals surface area contributed by atoms with Crippen LogP contribution in [0.4, 0.5) is 0 Å². The van der Waals surface area contributed by atoms with Gasteiger partial charge in [-0.15, -0.1) is 11.3 Å². The van der Waals surface area contributed by atoms with Crippen molar-refractivity contribution in [1.82, 2.24) is 15.2 Å². The Bertz CT molecular complexity index is 653. The molecule has 2 heterocycles. The second-order valence-electron chi connectivity index (χ2n) is 3.94. The molecule has 0 atom stereocenters. The molecular weight excluding hydrogens is 310 g/mol. The lowest BCUT2D eigenvalue weighted by atomic mass is 10.2. The van der Waals surface area contributed by atoms with Crippen LogP contribution >= 0.6 is 27.3 Å². The molecule has 0 fully saturated rings. The van der Waals surface area contributed by atoms with Crippen molar-refractivity contribution in [2.45, 2.75) is 6.92 Å². The third-order valence-electron chi connectivity index (χ3n) is 2.61. The van der Waals surface area contributed by atoms with E-state index in [-0.39, 0.29) is 0 Å². The molecule has 2 aromatic heterocycles. The Kier molecular flexibility index (Phi) is 3.01. The van der Waals surface area contributed by atoms with Crippen molar-refractivity contribution in [3.63, 3.8) is 0 Å². The van der Waals surface area contributed by atoms with Gasteiger partial charge >= 0.3 is 0 Å². The molecule has 0 saturated carbocycles. The molecule has 0 radical (unpaired) electrons. The Morgan fingerprint density at radius 3 is 2.67 bits per heavy atom. The van der Waals surface area contributed by atoms with Crippen LogP contribution in [-0.4, -0.2) is 15.2 Å². The van der Waals surface area contributed by atoms with Gasteiger partial charge in [-0.05, 0) is 34.5 Å². The normalized spacial score (nSPS) is 10.8. The van der Waals surface area contributed by atoms with Crippen LogP contribution < -0.4 is 0 Å². The molecule has 5 heteroatoms. The Morgan fingerprint density at radius 2 is 2.00 bits per heavy atom. The van der Waals surface area contributed by atoms with E-state index in [0.717, 1.165) is 25.9 Å². The average Bonchev–Trinajstić information content (AvgIpc) is 2.99. The van der Waals surface area contributed by atoms with Gasteiger partial charge in [-0.2, -0.15) is 5.10 Å². The van der Waals surface area contributed by atoms with Crippen molar-refractivity contribution in [2.24, 2.45) is 0 Å². The molecule has 0 spiro atoms. The predicted octanol–water partition coefficient (Wildman–Crippen LogP) is 4.27. The molecule has 1 N–H and O–H groups in total. The van der Waals surface area contributed by atoms with E-state index in [2.05, 4.69) is 44.1 Å². The Morgan fingerprint density at radius 1 is 1.22 bits per heavy atom. The predicted molar refractivity (Wildman–Crippen MR) is 77.6 cm³/mol. The van der Waals surface area contributed by atoms with Crippen LogP contribution in [0.1, 0.15) is 5.56 Å². The quantitative estimate of drug-likeness (QED) is 0.766. The van der Waals surface area contributed by atoms with Crippen LogP contribution in [0.15, 0.2) is 40.2 Å². The molecule has 0 aliphatic carbocycles. The van der Waals surface area contributed by atoms with Gasteiger partial charge in [0, 0.05) is 5.56 Å². The minimum Gasteiger partial charge on any atom is -0.258 e. The fourth-order valence-corrected chi connectivity index (χ4v) is 3.14. The largest absolute Gasteiger partial charge is 0.258 e. The van der Waals surface area contributed by atoms with Crippen molar-refractivity contribution in [3.8, 4) is 22.1 Å². The van der Waals surface area contributed by atoms with E-state index >= 15 is 0 Å². The van der Waals surface area contributed by atoms with Gasteiger partial charge in [0.25, 0.3) is 0 Å². The van der Waals surface area contributed by atoms with E-state index in [4.69, 9.17) is 0 Å². The number of nitrogens with zero attached hydrogens (tertiary/aromatic N) is 2. The van der Waals surface area contributed by atoms with E-state index in [9.17, 15) is 0 Å². The zero-order valence-electron chi connectivity index (χ0n) is 9.64. The van der Waals surface area contributed by atoms with Crippen molar-refractivity contribution in [1.29, 1.82) is 0 Å². The first kappa shape index (κ1) is 11.6. The summed E-state index contributed by atoms with van der Waals surface area (Å²) in [4.78, 5) is 5.62. The maximum absolute atomic E-state index is 4.53. The van der Waals surface area contributed by atoms with E-state index in [0.29, 0.717) is 0 Å². The van der Waals surface area contributed by atoms with Gasteiger partial charge in [0.15, 0.2) is 11.6 Å². The molecule has 3 rings (SSSR count). The van der Waals surface area contributed by atoms with E-state index < -0.39 is 0 Å². The Labute approximate surface area is 117 Å². The molecule has 0 aliphatic heterocycles. The lowest BCUT2D eigenvalue weighted by Gasteiger charge is -1.91. The number of hydrogen-bond donors (Lipinski definition) is 1. The summed E-state index contributed by atoms with van der Waals surface area (Å²) in [6, 6.07) is 12.1. The zero-order valence-corrected chi connectivity index (χ0v) is 12.0. The topological polar surface area (TPSA) is 41.6 Å². The second kappa shape index (κ2) is 4.66. The number of nitrogens with one attached hydrogen (secondary N) is 1. The van der Waals surface area contributed by atoms with Gasteiger partial charge in [0.05, 0.1) is 8.66 Å². The van der Waals surface area contributed by atoms with Crippen molar-refractivity contribution >= 4 is 27.3 Å². The number of H-pyrrole nitrogens is 1. The standard InChI is InChI=1S/C13H10BrN3S/c1-8-7-10(18-11(8)14)13-15-12(16-17-13)9-5-3-2-4-6-9/h2-7H,1H3,(H,15,16,17). The third kappa shape index (κ3) is 2.11. The van der Waals surface area contributed by atoms with Crippen molar-refractivity contribution < 1.29 is 0 Å². The molecule has 0 saturated heterocycles. The fourth-order valence-electron chi connectivity index (χ4n) is 1.66. The fraction of sp³-hybridized carbons (Fsp3) is 0.0769. The zero-order chi connectivity index (χ0) is 12.5. The summed E-state index contributed by atoms with van der Waals surface area (Å²) < 4.78 is 1.13. The summed E-state index contributed by atoms with van der Waals surface area (Å²) in [5, 5.41) is 7.25. The number of aryl methyl sites for hydroxylation is 1. The number of thiophene rings is 1. The van der Waals surface area contributed by atoms with E-state index in [1.807, 2.05) is 30.3 Å². The average molecular weight is 320 g/mol. The molecule has 0 bridgehead atoms. The SMILES string of the molecule is Cc1cc(-c2nc(-c3ccccc3)n[nH]2)sc1Br. The first-order valence-electron chi connectivity index (χ1n) is 5.48. The van der Waals surface area contributed by atoms with Gasteiger partial charge in [-0.1, -0.05) is 30.3 Å². The first-order chi connectivity index (χ1) is 8.74. The summed E-state index contributed by atoms with van der Waals surface area (Å²) in [6.45, 7) is 2.07. The van der Waals surface area contributed by atoms with Crippen LogP contribution in [0.5, 0.6) is 0 Å². The maximum Gasteiger partial charge on any atom is 0.181 e. The van der Waals surface area contributed by atoms with E-state index in [1.165, 1.54) is 5.56 Å². The smallest absolute Gasteiger partial charge is 0.181 e. The number of halogens is 1. The monoisotopic (exact) mass is 319 g/mol. The van der Waals surface area contributed by atoms with Crippen LogP contribution in [0.2, 0.25) is 0 Å². The first-order valence-corrected chi connectivity index (χ1v) is 7.09. The summed E-state index contributed by atoms with van der Waals surface area (Å²) in [5.74, 6) is 1.54. The van der Waals surface area contributed by atoms with Gasteiger partial charge in [0.2, 0.25) is 0 Å². The molecule has 0 amide bonds. The molecule has 0 unspecified atom stereocenters. The van der Waals surface area contributed by atoms with Gasteiger partial charge in [-0.3, -0.25) is 5.10 Å². The lowest BCUT2D eigenvalue weighted by Crippen LogP contribution is -1.78. The number of aromatic amines is 1. The third-order valence-corrected chi connectivity index (χ3v) is 4.75. The highest BCUT2D eigenvalue weighted by molar-refractivity contribution is 9.11. The molecular formula is C13H10BrN3S. The minimum absolute atomic E-state index is 0.729. The minimum atomic E-state index is 0.729. The summed E-state index contributed by atoms with van der Waals surface area (Å²) >= 11 is 5.18. The Hall–Kier alpha value is -1.46. The molecule has 90 valence electrons. The molecule has 3 aromatic rings. The molecule has 3 nitrogen and oxygen atoms in total. The number of hydrogen-bond acceptors (Lipinski definition) is 3. The summed E-state index contributed by atoms with van der Waals surface area (Å²) in [6.07, 6.45) is 0. The van der Waals surface area contributed by atoms with Gasteiger partial charge in [-0.25, -0.2) is 4.98 Å². The maximum atomic E-state index is 4.53. The molecule has 18 heavy (non-hydrogen) atoms.